The zero-order valence-corrected chi connectivity index (χ0v) is 11.3. The predicted octanol–water partition coefficient (Wildman–Crippen LogP) is 2.58. The second kappa shape index (κ2) is 5.48. The zero-order valence-electron chi connectivity index (χ0n) is 10.5. The lowest BCUT2D eigenvalue weighted by atomic mass is 9.97. The van der Waals surface area contributed by atoms with Gasteiger partial charge < -0.3 is 5.32 Å². The lowest BCUT2D eigenvalue weighted by molar-refractivity contribution is -0.120. The van der Waals surface area contributed by atoms with E-state index < -0.39 is 15.1 Å². The minimum absolute atomic E-state index is 0.0301. The highest BCUT2D eigenvalue weighted by Gasteiger charge is 2.21. The number of halogens is 1. The van der Waals surface area contributed by atoms with Gasteiger partial charge in [-0.3, -0.25) is 4.79 Å². The number of nitrogens with one attached hydrogen (secondary N) is 1. The highest BCUT2D eigenvalue weighted by atomic mass is 32.3. The zero-order chi connectivity index (χ0) is 13.9. The molecule has 1 N–H and O–H groups in total. The van der Waals surface area contributed by atoms with E-state index in [4.69, 9.17) is 0 Å². The molecule has 6 heteroatoms. The normalized spacial score (nSPS) is 13.4. The third-order valence-corrected chi connectivity index (χ3v) is 3.70. The van der Waals surface area contributed by atoms with Gasteiger partial charge in [0.1, 0.15) is 4.90 Å². The average Bonchev–Trinajstić information content (AvgIpc) is 2.27. The van der Waals surface area contributed by atoms with Crippen LogP contribution in [0.1, 0.15) is 20.8 Å². The summed E-state index contributed by atoms with van der Waals surface area (Å²) in [6.45, 7) is 5.48. The Bertz CT molecular complexity index is 540. The van der Waals surface area contributed by atoms with Gasteiger partial charge >= 0.3 is 10.2 Å². The molecule has 4 nitrogen and oxygen atoms in total. The Hall–Kier alpha value is -1.43. The maximum atomic E-state index is 13.0. The monoisotopic (exact) mass is 273 g/mol. The van der Waals surface area contributed by atoms with Crippen molar-refractivity contribution in [3.63, 3.8) is 0 Å². The fourth-order valence-electron chi connectivity index (χ4n) is 1.33. The molecule has 0 saturated heterocycles. The quantitative estimate of drug-likeness (QED) is 0.858. The van der Waals surface area contributed by atoms with Crippen LogP contribution in [0.15, 0.2) is 29.2 Å². The van der Waals surface area contributed by atoms with Crippen LogP contribution in [0.25, 0.3) is 0 Å². The van der Waals surface area contributed by atoms with Gasteiger partial charge in [0.15, 0.2) is 0 Å². The first-order chi connectivity index (χ1) is 8.23. The molecule has 0 bridgehead atoms. The summed E-state index contributed by atoms with van der Waals surface area (Å²) >= 11 is 0. The van der Waals surface area contributed by atoms with Crippen LogP contribution < -0.4 is 5.32 Å². The largest absolute Gasteiger partial charge is 0.334 e. The van der Waals surface area contributed by atoms with E-state index in [0.29, 0.717) is 0 Å². The lowest BCUT2D eigenvalue weighted by Gasteiger charge is -2.16. The van der Waals surface area contributed by atoms with Gasteiger partial charge in [-0.15, -0.1) is 3.89 Å². The molecule has 0 aliphatic heterocycles. The predicted molar refractivity (Wildman–Crippen MR) is 67.4 cm³/mol. The molecule has 1 unspecified atom stereocenters. The summed E-state index contributed by atoms with van der Waals surface area (Å²) in [5, 5.41) is 2.44. The van der Waals surface area contributed by atoms with Crippen molar-refractivity contribution in [2.24, 2.45) is 11.8 Å². The maximum absolute atomic E-state index is 13.0. The van der Waals surface area contributed by atoms with Crippen molar-refractivity contribution in [1.29, 1.82) is 0 Å². The molecule has 0 saturated carbocycles. The van der Waals surface area contributed by atoms with Gasteiger partial charge in [0.25, 0.3) is 0 Å². The van der Waals surface area contributed by atoms with E-state index in [1.807, 2.05) is 13.8 Å². The number of hydrogen-bond acceptors (Lipinski definition) is 3. The first-order valence-corrected chi connectivity index (χ1v) is 6.96. The smallest absolute Gasteiger partial charge is 0.325 e. The molecule has 1 aromatic carbocycles. The molecule has 0 aromatic heterocycles. The molecule has 0 heterocycles. The van der Waals surface area contributed by atoms with Crippen LogP contribution in [0.2, 0.25) is 0 Å². The van der Waals surface area contributed by atoms with E-state index in [-0.39, 0.29) is 23.4 Å². The fraction of sp³-hybridized carbons (Fsp3) is 0.417. The van der Waals surface area contributed by atoms with Crippen molar-refractivity contribution in [3.05, 3.63) is 24.3 Å². The van der Waals surface area contributed by atoms with E-state index in [9.17, 15) is 17.1 Å². The van der Waals surface area contributed by atoms with Gasteiger partial charge in [-0.25, -0.2) is 0 Å². The number of rotatable bonds is 4. The number of carbonyl (C=O) groups is 1. The van der Waals surface area contributed by atoms with E-state index in [1.165, 1.54) is 18.2 Å². The molecule has 0 radical (unpaired) electrons. The van der Waals surface area contributed by atoms with E-state index in [2.05, 4.69) is 5.32 Å². The molecule has 1 atom stereocenters. The van der Waals surface area contributed by atoms with Crippen molar-refractivity contribution in [1.82, 2.24) is 0 Å². The first kappa shape index (κ1) is 14.6. The Balaban J connectivity index is 3.03. The molecule has 1 rings (SSSR count). The van der Waals surface area contributed by atoms with Gasteiger partial charge in [0.2, 0.25) is 5.91 Å². The Morgan fingerprint density at radius 2 is 1.78 bits per heavy atom. The maximum Gasteiger partial charge on any atom is 0.334 e. The number of carbonyl (C=O) groups excluding carboxylic acids is 1. The van der Waals surface area contributed by atoms with Crippen LogP contribution in [0.3, 0.4) is 0 Å². The van der Waals surface area contributed by atoms with Crippen LogP contribution in [0.5, 0.6) is 0 Å². The molecule has 1 aromatic rings. The highest BCUT2D eigenvalue weighted by Crippen LogP contribution is 2.23. The van der Waals surface area contributed by atoms with Crippen LogP contribution in [0, 0.1) is 11.8 Å². The number of para-hydroxylation sites is 1. The van der Waals surface area contributed by atoms with E-state index in [1.54, 1.807) is 6.92 Å². The summed E-state index contributed by atoms with van der Waals surface area (Å²) in [5.74, 6) is -0.513. The average molecular weight is 273 g/mol. The second-order valence-electron chi connectivity index (χ2n) is 4.46. The van der Waals surface area contributed by atoms with Gasteiger partial charge in [-0.05, 0) is 18.1 Å². The van der Waals surface area contributed by atoms with Crippen LogP contribution in [-0.4, -0.2) is 14.3 Å². The highest BCUT2D eigenvalue weighted by molar-refractivity contribution is 7.86. The lowest BCUT2D eigenvalue weighted by Crippen LogP contribution is -2.25. The van der Waals surface area contributed by atoms with E-state index >= 15 is 0 Å². The fourth-order valence-corrected chi connectivity index (χ4v) is 1.95. The first-order valence-electron chi connectivity index (χ1n) is 5.58. The van der Waals surface area contributed by atoms with Gasteiger partial charge in [-0.1, -0.05) is 32.9 Å². The minimum atomic E-state index is -4.84. The van der Waals surface area contributed by atoms with Crippen LogP contribution >= 0.6 is 0 Å². The molecule has 0 fully saturated rings. The third-order valence-electron chi connectivity index (χ3n) is 2.82. The topological polar surface area (TPSA) is 63.2 Å². The van der Waals surface area contributed by atoms with Crippen LogP contribution in [0.4, 0.5) is 9.57 Å². The summed E-state index contributed by atoms with van der Waals surface area (Å²) in [6, 6.07) is 5.40. The van der Waals surface area contributed by atoms with Gasteiger partial charge in [0.05, 0.1) is 5.69 Å². The van der Waals surface area contributed by atoms with E-state index in [0.717, 1.165) is 6.07 Å². The van der Waals surface area contributed by atoms with Gasteiger partial charge in [0, 0.05) is 5.92 Å². The van der Waals surface area contributed by atoms with Crippen molar-refractivity contribution in [2.75, 3.05) is 5.32 Å². The Morgan fingerprint density at radius 1 is 1.22 bits per heavy atom. The molecular formula is C12H16FNO3S. The third kappa shape index (κ3) is 3.53. The molecular weight excluding hydrogens is 257 g/mol. The SMILES string of the molecule is CC(C)C(C)C(=O)Nc1ccccc1S(=O)(=O)F. The number of benzene rings is 1. The van der Waals surface area contributed by atoms with Crippen molar-refractivity contribution in [3.8, 4) is 0 Å². The van der Waals surface area contributed by atoms with Crippen molar-refractivity contribution in [2.45, 2.75) is 25.7 Å². The minimum Gasteiger partial charge on any atom is -0.325 e. The summed E-state index contributed by atoms with van der Waals surface area (Å²) in [4.78, 5) is 11.3. The van der Waals surface area contributed by atoms with Gasteiger partial charge in [-0.2, -0.15) is 8.42 Å². The Morgan fingerprint density at radius 3 is 2.28 bits per heavy atom. The molecule has 0 aliphatic rings. The molecule has 18 heavy (non-hydrogen) atoms. The molecule has 0 aliphatic carbocycles. The summed E-state index contributed by atoms with van der Waals surface area (Å²) < 4.78 is 34.9. The second-order valence-corrected chi connectivity index (χ2v) is 5.77. The Kier molecular flexibility index (Phi) is 4.45. The number of anilines is 1. The summed E-state index contributed by atoms with van der Waals surface area (Å²) in [7, 11) is -4.84. The summed E-state index contributed by atoms with van der Waals surface area (Å²) in [5.41, 5.74) is -0.0301. The van der Waals surface area contributed by atoms with Crippen LogP contribution in [-0.2, 0) is 15.0 Å². The number of amides is 1. The summed E-state index contributed by atoms with van der Waals surface area (Å²) in [6.07, 6.45) is 0. The Labute approximate surface area is 106 Å². The molecule has 100 valence electrons. The van der Waals surface area contributed by atoms with Crippen molar-refractivity contribution >= 4 is 21.8 Å². The molecule has 1 amide bonds. The van der Waals surface area contributed by atoms with Crippen molar-refractivity contribution < 1.29 is 17.1 Å². The number of hydrogen-bond donors (Lipinski definition) is 1. The molecule has 0 spiro atoms. The standard InChI is InChI=1S/C12H16FNO3S/c1-8(2)9(3)12(15)14-10-6-4-5-7-11(10)18(13,16)17/h4-9H,1-3H3,(H,14,15).